The predicted molar refractivity (Wildman–Crippen MR) is 56.7 cm³/mol. The summed E-state index contributed by atoms with van der Waals surface area (Å²) in [4.78, 5) is 4.14. The molecule has 73 valence electrons. The van der Waals surface area contributed by atoms with Crippen molar-refractivity contribution >= 4 is 5.84 Å². The average Bonchev–Trinajstić information content (AvgIpc) is 2.63. The maximum absolute atomic E-state index is 4.14. The number of nitrogens with zero attached hydrogens (tertiary/aromatic N) is 2. The quantitative estimate of drug-likeness (QED) is 0.536. The Morgan fingerprint density at radius 3 is 2.46 bits per heavy atom. The molecule has 0 aromatic rings. The van der Waals surface area contributed by atoms with Gasteiger partial charge in [0.15, 0.2) is 0 Å². The Balaban J connectivity index is 1.84. The Morgan fingerprint density at radius 1 is 1.00 bits per heavy atom. The van der Waals surface area contributed by atoms with Gasteiger partial charge >= 0.3 is 0 Å². The fourth-order valence-corrected chi connectivity index (χ4v) is 1.46. The van der Waals surface area contributed by atoms with E-state index < -0.39 is 0 Å². The van der Waals surface area contributed by atoms with Crippen molar-refractivity contribution < 1.29 is 0 Å². The molecule has 0 unspecified atom stereocenters. The molecule has 1 aliphatic rings. The molecular weight excluding hydrogens is 160 g/mol. The van der Waals surface area contributed by atoms with Gasteiger partial charge in [0.05, 0.1) is 0 Å². The minimum Gasteiger partial charge on any atom is -0.240 e. The van der Waals surface area contributed by atoms with Gasteiger partial charge in [0.25, 0.3) is 0 Å². The van der Waals surface area contributed by atoms with Crippen LogP contribution in [-0.4, -0.2) is 5.84 Å². The molecule has 13 heavy (non-hydrogen) atoms. The second kappa shape index (κ2) is 6.70. The van der Waals surface area contributed by atoms with E-state index in [1.54, 1.807) is 12.4 Å². The van der Waals surface area contributed by atoms with Gasteiger partial charge in [-0.3, -0.25) is 0 Å². The first-order chi connectivity index (χ1) is 6.43. The van der Waals surface area contributed by atoms with E-state index in [2.05, 4.69) is 17.2 Å². The van der Waals surface area contributed by atoms with E-state index in [-0.39, 0.29) is 0 Å². The smallest absolute Gasteiger partial charge is 0.128 e. The second-order valence-corrected chi connectivity index (χ2v) is 3.49. The Bertz CT molecular complexity index is 183. The molecule has 0 aliphatic carbocycles. The molecule has 2 heteroatoms. The van der Waals surface area contributed by atoms with Crippen molar-refractivity contribution in [3.8, 4) is 0 Å². The maximum Gasteiger partial charge on any atom is 0.128 e. The zero-order chi connectivity index (χ0) is 9.36. The standard InChI is InChI=1S/C11H19N2/c1-2-3-4-5-6-7-8-11-12-9-10-13-11/h9-10H,2-8H2,1H3. The highest BCUT2D eigenvalue weighted by atomic mass is 15.0. The minimum atomic E-state index is 1.01. The summed E-state index contributed by atoms with van der Waals surface area (Å²) in [7, 11) is 0. The van der Waals surface area contributed by atoms with Crippen LogP contribution in [0.25, 0.3) is 0 Å². The third-order valence-corrected chi connectivity index (χ3v) is 2.27. The molecule has 1 heterocycles. The number of hydrogen-bond donors (Lipinski definition) is 0. The molecule has 0 amide bonds. The van der Waals surface area contributed by atoms with E-state index in [1.165, 1.54) is 38.5 Å². The summed E-state index contributed by atoms with van der Waals surface area (Å²) < 4.78 is 0. The van der Waals surface area contributed by atoms with Crippen LogP contribution in [0.5, 0.6) is 0 Å². The predicted octanol–water partition coefficient (Wildman–Crippen LogP) is 3.22. The van der Waals surface area contributed by atoms with Crippen LogP contribution in [-0.2, 0) is 0 Å². The van der Waals surface area contributed by atoms with Gasteiger partial charge in [-0.25, -0.2) is 10.3 Å². The molecule has 0 fully saturated rings. The lowest BCUT2D eigenvalue weighted by molar-refractivity contribution is 0.614. The van der Waals surface area contributed by atoms with Crippen molar-refractivity contribution in [1.29, 1.82) is 0 Å². The molecule has 1 radical (unpaired) electrons. The van der Waals surface area contributed by atoms with Crippen LogP contribution in [0.3, 0.4) is 0 Å². The van der Waals surface area contributed by atoms with Crippen molar-refractivity contribution in [1.82, 2.24) is 5.32 Å². The average molecular weight is 179 g/mol. The lowest BCUT2D eigenvalue weighted by Gasteiger charge is -2.00. The lowest BCUT2D eigenvalue weighted by atomic mass is 10.1. The van der Waals surface area contributed by atoms with Gasteiger partial charge in [-0.1, -0.05) is 39.0 Å². The van der Waals surface area contributed by atoms with Crippen LogP contribution < -0.4 is 5.32 Å². The topological polar surface area (TPSA) is 26.5 Å². The lowest BCUT2D eigenvalue weighted by Crippen LogP contribution is -2.05. The van der Waals surface area contributed by atoms with Crippen LogP contribution >= 0.6 is 0 Å². The molecule has 0 spiro atoms. The Kier molecular flexibility index (Phi) is 5.30. The van der Waals surface area contributed by atoms with E-state index in [0.717, 1.165) is 12.3 Å². The number of unbranched alkanes of at least 4 members (excludes halogenated alkanes) is 5. The molecule has 1 rings (SSSR count). The van der Waals surface area contributed by atoms with Gasteiger partial charge in [-0.05, 0) is 6.42 Å². The van der Waals surface area contributed by atoms with E-state index in [1.807, 2.05) is 0 Å². The maximum atomic E-state index is 4.14. The van der Waals surface area contributed by atoms with E-state index >= 15 is 0 Å². The summed E-state index contributed by atoms with van der Waals surface area (Å²) in [6.45, 7) is 2.25. The molecule has 0 aromatic heterocycles. The highest BCUT2D eigenvalue weighted by Gasteiger charge is 2.01. The molecule has 1 aliphatic heterocycles. The van der Waals surface area contributed by atoms with Crippen molar-refractivity contribution in [2.75, 3.05) is 0 Å². The fraction of sp³-hybridized carbons (Fsp3) is 0.727. The summed E-state index contributed by atoms with van der Waals surface area (Å²) in [5, 5.41) is 4.14. The van der Waals surface area contributed by atoms with Gasteiger partial charge in [0, 0.05) is 18.8 Å². The normalized spacial score (nSPS) is 14.4. The van der Waals surface area contributed by atoms with E-state index in [4.69, 9.17) is 0 Å². The Morgan fingerprint density at radius 2 is 1.77 bits per heavy atom. The van der Waals surface area contributed by atoms with Gasteiger partial charge in [0.1, 0.15) is 5.84 Å². The summed E-state index contributed by atoms with van der Waals surface area (Å²) in [6.07, 6.45) is 12.6. The third kappa shape index (κ3) is 4.71. The summed E-state index contributed by atoms with van der Waals surface area (Å²) in [5.74, 6) is 1.01. The Labute approximate surface area is 81.1 Å². The van der Waals surface area contributed by atoms with Crippen molar-refractivity contribution in [2.45, 2.75) is 51.9 Å². The molecule has 0 bridgehead atoms. The molecule has 0 saturated carbocycles. The first kappa shape index (κ1) is 10.3. The van der Waals surface area contributed by atoms with E-state index in [9.17, 15) is 0 Å². The van der Waals surface area contributed by atoms with Gasteiger partial charge < -0.3 is 0 Å². The van der Waals surface area contributed by atoms with Crippen LogP contribution in [0.4, 0.5) is 0 Å². The molecule has 2 nitrogen and oxygen atoms in total. The second-order valence-electron chi connectivity index (χ2n) is 3.49. The van der Waals surface area contributed by atoms with Crippen molar-refractivity contribution in [3.05, 3.63) is 12.4 Å². The minimum absolute atomic E-state index is 1.01. The highest BCUT2D eigenvalue weighted by molar-refractivity contribution is 5.84. The number of hydrogen-bond acceptors (Lipinski definition) is 1. The molecule has 0 atom stereocenters. The zero-order valence-electron chi connectivity index (χ0n) is 8.50. The molecular formula is C11H19N2. The molecule has 0 saturated heterocycles. The summed E-state index contributed by atoms with van der Waals surface area (Å²) in [6, 6.07) is 0. The monoisotopic (exact) mass is 179 g/mol. The van der Waals surface area contributed by atoms with Gasteiger partial charge in [-0.2, -0.15) is 0 Å². The number of amidine groups is 1. The zero-order valence-corrected chi connectivity index (χ0v) is 8.50. The van der Waals surface area contributed by atoms with Gasteiger partial charge in [-0.15, -0.1) is 0 Å². The first-order valence-electron chi connectivity index (χ1n) is 5.36. The summed E-state index contributed by atoms with van der Waals surface area (Å²) in [5.41, 5.74) is 0. The Hall–Kier alpha value is -0.790. The highest BCUT2D eigenvalue weighted by Crippen LogP contribution is 2.08. The summed E-state index contributed by atoms with van der Waals surface area (Å²) >= 11 is 0. The van der Waals surface area contributed by atoms with Crippen LogP contribution in [0, 0.1) is 0 Å². The van der Waals surface area contributed by atoms with Crippen LogP contribution in [0.2, 0.25) is 0 Å². The largest absolute Gasteiger partial charge is 0.240 e. The first-order valence-corrected chi connectivity index (χ1v) is 5.36. The van der Waals surface area contributed by atoms with E-state index in [0.29, 0.717) is 0 Å². The number of rotatable bonds is 7. The number of aliphatic imine (C=N–C) groups is 1. The van der Waals surface area contributed by atoms with Crippen molar-refractivity contribution in [3.63, 3.8) is 0 Å². The SMILES string of the molecule is CCCCCCCCC1=NC=C[N]1. The fourth-order valence-electron chi connectivity index (χ4n) is 1.46. The molecule has 0 aromatic carbocycles. The van der Waals surface area contributed by atoms with Crippen molar-refractivity contribution in [2.24, 2.45) is 4.99 Å². The van der Waals surface area contributed by atoms with Gasteiger partial charge in [0.2, 0.25) is 0 Å². The van der Waals surface area contributed by atoms with Crippen LogP contribution in [0.15, 0.2) is 17.4 Å². The molecule has 0 N–H and O–H groups in total. The van der Waals surface area contributed by atoms with Crippen LogP contribution in [0.1, 0.15) is 51.9 Å². The third-order valence-electron chi connectivity index (χ3n) is 2.27.